The van der Waals surface area contributed by atoms with Gasteiger partial charge in [0.05, 0.1) is 6.61 Å². The monoisotopic (exact) mass is 504 g/mol. The standard InChI is InChI=1S/C27H36O9/c1-13-17-10-18(34-14(2)28)21-26-9-7-8-25(5,12-33-24(26)32-6)19(26)11-20(35-15(3)29)27(21,22(13)31)23(17)36-16(4)30/h17-21,23-24H,1,7-12H2,2-6H3/t17-,18-,19+,20+,21-,23+,24+,25-,26-,27-/m0/s1. The fraction of sp³-hybridized carbons (Fsp3) is 0.778. The second-order valence-electron chi connectivity index (χ2n) is 11.7. The third-order valence-corrected chi connectivity index (χ3v) is 9.89. The minimum atomic E-state index is -1.45. The van der Waals surface area contributed by atoms with Crippen molar-refractivity contribution >= 4 is 23.7 Å². The third kappa shape index (κ3) is 3.14. The van der Waals surface area contributed by atoms with Crippen LogP contribution < -0.4 is 0 Å². The average molecular weight is 505 g/mol. The van der Waals surface area contributed by atoms with Crippen molar-refractivity contribution in [3.8, 4) is 0 Å². The normalized spacial score (nSPS) is 46.9. The molecule has 198 valence electrons. The summed E-state index contributed by atoms with van der Waals surface area (Å²) in [6.45, 7) is 10.7. The number of carbonyl (C=O) groups is 4. The van der Waals surface area contributed by atoms with Crippen LogP contribution in [0.1, 0.15) is 59.8 Å². The van der Waals surface area contributed by atoms with Gasteiger partial charge in [-0.15, -0.1) is 0 Å². The van der Waals surface area contributed by atoms with Gasteiger partial charge in [0.15, 0.2) is 12.1 Å². The lowest BCUT2D eigenvalue weighted by Crippen LogP contribution is -2.76. The Hall–Kier alpha value is -2.26. The van der Waals surface area contributed by atoms with Crippen molar-refractivity contribution in [3.05, 3.63) is 12.2 Å². The number of esters is 3. The zero-order valence-electron chi connectivity index (χ0n) is 21.7. The second kappa shape index (κ2) is 8.38. The van der Waals surface area contributed by atoms with Crippen LogP contribution in [0.15, 0.2) is 12.2 Å². The van der Waals surface area contributed by atoms with Gasteiger partial charge in [-0.05, 0) is 42.6 Å². The van der Waals surface area contributed by atoms with Gasteiger partial charge in [-0.2, -0.15) is 0 Å². The Kier molecular flexibility index (Phi) is 5.91. The fourth-order valence-corrected chi connectivity index (χ4v) is 9.11. The highest BCUT2D eigenvalue weighted by Crippen LogP contribution is 2.75. The van der Waals surface area contributed by atoms with Gasteiger partial charge in [-0.3, -0.25) is 19.2 Å². The number of rotatable bonds is 4. The minimum Gasteiger partial charge on any atom is -0.462 e. The number of Topliss-reactive ketones (excluding diaryl/α,β-unsaturated/α-hetero) is 1. The third-order valence-electron chi connectivity index (χ3n) is 9.89. The molecule has 0 aromatic heterocycles. The highest BCUT2D eigenvalue weighted by Gasteiger charge is 2.82. The van der Waals surface area contributed by atoms with Crippen molar-refractivity contribution in [1.29, 1.82) is 0 Å². The molecule has 0 amide bonds. The molecule has 1 spiro atoms. The van der Waals surface area contributed by atoms with Crippen LogP contribution in [0, 0.1) is 34.0 Å². The Morgan fingerprint density at radius 2 is 1.67 bits per heavy atom. The van der Waals surface area contributed by atoms with E-state index in [4.69, 9.17) is 23.7 Å². The lowest BCUT2D eigenvalue weighted by Gasteiger charge is -2.70. The molecule has 9 nitrogen and oxygen atoms in total. The first-order valence-electron chi connectivity index (χ1n) is 12.8. The lowest BCUT2D eigenvalue weighted by atomic mass is 9.37. The van der Waals surface area contributed by atoms with E-state index in [1.54, 1.807) is 7.11 Å². The molecule has 4 bridgehead atoms. The van der Waals surface area contributed by atoms with E-state index < -0.39 is 65.2 Å². The first-order valence-corrected chi connectivity index (χ1v) is 12.8. The van der Waals surface area contributed by atoms with Crippen molar-refractivity contribution in [2.45, 2.75) is 84.4 Å². The topological polar surface area (TPSA) is 114 Å². The van der Waals surface area contributed by atoms with E-state index in [1.807, 2.05) is 0 Å². The van der Waals surface area contributed by atoms with Crippen molar-refractivity contribution in [3.63, 3.8) is 0 Å². The molecular formula is C27H36O9. The molecule has 5 rings (SSSR count). The number of fused-ring (bicyclic) bond motifs is 1. The van der Waals surface area contributed by atoms with Crippen LogP contribution in [-0.2, 0) is 42.9 Å². The largest absolute Gasteiger partial charge is 0.462 e. The molecule has 10 atom stereocenters. The van der Waals surface area contributed by atoms with Gasteiger partial charge in [0, 0.05) is 45.1 Å². The quantitative estimate of drug-likeness (QED) is 0.324. The van der Waals surface area contributed by atoms with Crippen LogP contribution in [0.2, 0.25) is 0 Å². The fourth-order valence-electron chi connectivity index (χ4n) is 9.11. The Morgan fingerprint density at radius 1 is 1.00 bits per heavy atom. The van der Waals surface area contributed by atoms with Gasteiger partial charge in [0.1, 0.15) is 23.7 Å². The molecule has 1 heterocycles. The summed E-state index contributed by atoms with van der Waals surface area (Å²) in [7, 11) is 1.59. The molecule has 0 aromatic carbocycles. The van der Waals surface area contributed by atoms with Crippen LogP contribution in [0.3, 0.4) is 0 Å². The molecule has 0 aromatic rings. The summed E-state index contributed by atoms with van der Waals surface area (Å²) in [5.74, 6) is -3.05. The highest BCUT2D eigenvalue weighted by molar-refractivity contribution is 6.05. The predicted octanol–water partition coefficient (Wildman–Crippen LogP) is 2.74. The number of methoxy groups -OCH3 is 1. The smallest absolute Gasteiger partial charge is 0.302 e. The Balaban J connectivity index is 1.82. The Labute approximate surface area is 211 Å². The molecule has 1 aliphatic heterocycles. The van der Waals surface area contributed by atoms with Gasteiger partial charge >= 0.3 is 17.9 Å². The first kappa shape index (κ1) is 25.4. The summed E-state index contributed by atoms with van der Waals surface area (Å²) in [6.07, 6.45) is 0.0363. The van der Waals surface area contributed by atoms with Gasteiger partial charge in [-0.25, -0.2) is 0 Å². The van der Waals surface area contributed by atoms with Crippen LogP contribution in [-0.4, -0.2) is 62.0 Å². The maximum atomic E-state index is 14.4. The van der Waals surface area contributed by atoms with E-state index in [-0.39, 0.29) is 23.5 Å². The Morgan fingerprint density at radius 3 is 2.28 bits per heavy atom. The van der Waals surface area contributed by atoms with Crippen molar-refractivity contribution in [2.75, 3.05) is 13.7 Å². The van der Waals surface area contributed by atoms with E-state index in [2.05, 4.69) is 13.5 Å². The van der Waals surface area contributed by atoms with Crippen LogP contribution in [0.4, 0.5) is 0 Å². The molecule has 5 aliphatic rings. The lowest BCUT2D eigenvalue weighted by molar-refractivity contribution is -0.362. The van der Waals surface area contributed by atoms with Crippen LogP contribution in [0.25, 0.3) is 0 Å². The molecule has 0 radical (unpaired) electrons. The molecule has 36 heavy (non-hydrogen) atoms. The molecule has 5 fully saturated rings. The highest BCUT2D eigenvalue weighted by atomic mass is 16.7. The van der Waals surface area contributed by atoms with E-state index in [0.29, 0.717) is 25.0 Å². The van der Waals surface area contributed by atoms with Crippen LogP contribution in [0.5, 0.6) is 0 Å². The number of carbonyl (C=O) groups excluding carboxylic acids is 4. The summed E-state index contributed by atoms with van der Waals surface area (Å²) in [4.78, 5) is 51.5. The average Bonchev–Trinajstić information content (AvgIpc) is 2.90. The first-order chi connectivity index (χ1) is 16.9. The summed E-state index contributed by atoms with van der Waals surface area (Å²) in [5, 5.41) is 0. The molecule has 0 N–H and O–H groups in total. The van der Waals surface area contributed by atoms with Crippen molar-refractivity contribution in [2.24, 2.45) is 34.0 Å². The van der Waals surface area contributed by atoms with E-state index in [1.165, 1.54) is 20.8 Å². The van der Waals surface area contributed by atoms with Crippen molar-refractivity contribution < 1.29 is 42.9 Å². The number of hydrogen-bond donors (Lipinski definition) is 0. The molecule has 4 aliphatic carbocycles. The molecule has 0 unspecified atom stereocenters. The summed E-state index contributed by atoms with van der Waals surface area (Å²) >= 11 is 0. The van der Waals surface area contributed by atoms with Gasteiger partial charge in [0.25, 0.3) is 0 Å². The Bertz CT molecular complexity index is 1020. The van der Waals surface area contributed by atoms with E-state index >= 15 is 0 Å². The van der Waals surface area contributed by atoms with Crippen molar-refractivity contribution in [1.82, 2.24) is 0 Å². The second-order valence-corrected chi connectivity index (χ2v) is 11.7. The minimum absolute atomic E-state index is 0.0355. The molecule has 9 heteroatoms. The van der Waals surface area contributed by atoms with Gasteiger partial charge < -0.3 is 23.7 Å². The zero-order valence-corrected chi connectivity index (χ0v) is 21.7. The molecular weight excluding hydrogens is 468 g/mol. The van der Waals surface area contributed by atoms with E-state index in [0.717, 1.165) is 12.8 Å². The maximum Gasteiger partial charge on any atom is 0.302 e. The molecule has 1 saturated heterocycles. The predicted molar refractivity (Wildman–Crippen MR) is 124 cm³/mol. The number of ether oxygens (including phenoxy) is 5. The SMILES string of the molecule is C=C1C(=O)[C@@]23[C@H](OC(C)=O)[C@H]1C[C@H](OC(C)=O)[C@H]2[C@@]12CCC[C@@](C)(CO[C@H]1OC)[C@H]2C[C@H]3OC(C)=O. The maximum absolute atomic E-state index is 14.4. The van der Waals surface area contributed by atoms with E-state index in [9.17, 15) is 19.2 Å². The van der Waals surface area contributed by atoms with Gasteiger partial charge in [-0.1, -0.05) is 19.9 Å². The molecule has 4 saturated carbocycles. The van der Waals surface area contributed by atoms with Crippen LogP contribution >= 0.6 is 0 Å². The number of hydrogen-bond acceptors (Lipinski definition) is 9. The number of ketones is 1. The zero-order chi connectivity index (χ0) is 26.2. The summed E-state index contributed by atoms with van der Waals surface area (Å²) in [6, 6.07) is 0. The van der Waals surface area contributed by atoms with Gasteiger partial charge in [0.2, 0.25) is 0 Å². The summed E-state index contributed by atoms with van der Waals surface area (Å²) in [5.41, 5.74) is -2.11. The summed E-state index contributed by atoms with van der Waals surface area (Å²) < 4.78 is 30.2.